The van der Waals surface area contributed by atoms with Crippen LogP contribution in [0.5, 0.6) is 5.75 Å². The normalized spacial score (nSPS) is 10.9. The van der Waals surface area contributed by atoms with Gasteiger partial charge in [-0.05, 0) is 36.0 Å². The number of rotatable bonds is 6. The molecule has 0 heterocycles. The first-order valence-corrected chi connectivity index (χ1v) is 9.79. The maximum atomic E-state index is 12.7. The zero-order valence-electron chi connectivity index (χ0n) is 14.7. The molecule has 0 saturated carbocycles. The van der Waals surface area contributed by atoms with Gasteiger partial charge in [-0.25, -0.2) is 8.42 Å². The molecule has 1 amide bonds. The highest BCUT2D eigenvalue weighted by molar-refractivity contribution is 8.13. The number of carbonyl (C=O) groups excluding carboxylic acids is 1. The Morgan fingerprint density at radius 3 is 2.48 bits per heavy atom. The van der Waals surface area contributed by atoms with E-state index in [1.165, 1.54) is 24.1 Å². The number of nitrogens with zero attached hydrogens (tertiary/aromatic N) is 2. The number of nitro benzene ring substituents is 1. The Bertz CT molecular complexity index is 976. The van der Waals surface area contributed by atoms with E-state index in [1.807, 2.05) is 0 Å². The Hall–Kier alpha value is -2.79. The maximum absolute atomic E-state index is 12.7. The number of amides is 1. The number of methoxy groups -OCH3 is 1. The van der Waals surface area contributed by atoms with Gasteiger partial charge in [0.1, 0.15) is 5.75 Å². The molecule has 0 aromatic heterocycles. The Morgan fingerprint density at radius 2 is 1.89 bits per heavy atom. The molecule has 1 N–H and O–H groups in total. The third kappa shape index (κ3) is 4.89. The van der Waals surface area contributed by atoms with Crippen LogP contribution in [0.15, 0.2) is 52.3 Å². The van der Waals surface area contributed by atoms with Crippen molar-refractivity contribution in [2.45, 2.75) is 9.79 Å². The molecule has 0 unspecified atom stereocenters. The molecule has 0 saturated heterocycles. The van der Waals surface area contributed by atoms with Crippen molar-refractivity contribution >= 4 is 38.4 Å². The van der Waals surface area contributed by atoms with Gasteiger partial charge in [0, 0.05) is 19.0 Å². The van der Waals surface area contributed by atoms with Crippen LogP contribution in [0.2, 0.25) is 0 Å². The lowest BCUT2D eigenvalue weighted by Crippen LogP contribution is -2.18. The highest BCUT2D eigenvalue weighted by Crippen LogP contribution is 2.33. The number of anilines is 1. The third-order valence-corrected chi connectivity index (χ3v) is 5.87. The topological polar surface area (TPSA) is 119 Å². The SMILES string of the molecule is COc1ccc(S(=O)(=O)Nc2ccccc2SC(=O)N(C)C)c([N+](=O)[O-])c1. The van der Waals surface area contributed by atoms with Crippen molar-refractivity contribution in [3.05, 3.63) is 52.6 Å². The van der Waals surface area contributed by atoms with Gasteiger partial charge in [-0.1, -0.05) is 12.1 Å². The van der Waals surface area contributed by atoms with Crippen LogP contribution in [-0.4, -0.2) is 44.7 Å². The maximum Gasteiger partial charge on any atom is 0.293 e. The summed E-state index contributed by atoms with van der Waals surface area (Å²) in [5, 5.41) is 11.0. The van der Waals surface area contributed by atoms with Crippen LogP contribution in [0, 0.1) is 10.1 Å². The number of hydrogen-bond acceptors (Lipinski definition) is 7. The standard InChI is InChI=1S/C16H17N3O6S2/c1-18(2)16(20)26-14-7-5-4-6-12(14)17-27(23,24)15-9-8-11(25-3)10-13(15)19(21)22/h4-10,17H,1-3H3. The predicted octanol–water partition coefficient (Wildman–Crippen LogP) is 3.18. The molecule has 2 rings (SSSR count). The van der Waals surface area contributed by atoms with Crippen LogP contribution in [-0.2, 0) is 10.0 Å². The number of benzene rings is 2. The summed E-state index contributed by atoms with van der Waals surface area (Å²) in [5.41, 5.74) is -0.473. The minimum atomic E-state index is -4.28. The number of carbonyl (C=O) groups is 1. The van der Waals surface area contributed by atoms with Gasteiger partial charge in [-0.3, -0.25) is 19.6 Å². The lowest BCUT2D eigenvalue weighted by Gasteiger charge is -2.14. The second-order valence-electron chi connectivity index (χ2n) is 5.45. The summed E-state index contributed by atoms with van der Waals surface area (Å²) >= 11 is 0.837. The molecule has 2 aromatic rings. The molecule has 0 bridgehead atoms. The summed E-state index contributed by atoms with van der Waals surface area (Å²) in [6, 6.07) is 9.73. The summed E-state index contributed by atoms with van der Waals surface area (Å²) in [6.45, 7) is 0. The molecular formula is C16H17N3O6S2. The first kappa shape index (κ1) is 20.5. The molecule has 144 valence electrons. The van der Waals surface area contributed by atoms with E-state index < -0.39 is 25.5 Å². The van der Waals surface area contributed by atoms with Gasteiger partial charge in [0.2, 0.25) is 0 Å². The Labute approximate surface area is 160 Å². The van der Waals surface area contributed by atoms with E-state index in [0.29, 0.717) is 4.90 Å². The minimum Gasteiger partial charge on any atom is -0.497 e. The smallest absolute Gasteiger partial charge is 0.293 e. The fourth-order valence-corrected chi connectivity index (χ4v) is 4.06. The average molecular weight is 411 g/mol. The van der Waals surface area contributed by atoms with Crippen LogP contribution in [0.1, 0.15) is 0 Å². The van der Waals surface area contributed by atoms with E-state index >= 15 is 0 Å². The number of hydrogen-bond donors (Lipinski definition) is 1. The van der Waals surface area contributed by atoms with Gasteiger partial charge >= 0.3 is 0 Å². The number of sulfonamides is 1. The summed E-state index contributed by atoms with van der Waals surface area (Å²) in [5.74, 6) is 0.160. The van der Waals surface area contributed by atoms with Crippen molar-refractivity contribution in [3.8, 4) is 5.75 Å². The third-order valence-electron chi connectivity index (χ3n) is 3.35. The van der Waals surface area contributed by atoms with E-state index in [-0.39, 0.29) is 16.7 Å². The second-order valence-corrected chi connectivity index (χ2v) is 8.10. The lowest BCUT2D eigenvalue weighted by atomic mass is 10.3. The Kier molecular flexibility index (Phi) is 6.28. The van der Waals surface area contributed by atoms with Crippen LogP contribution < -0.4 is 9.46 Å². The molecule has 0 aliphatic heterocycles. The van der Waals surface area contributed by atoms with Crippen molar-refractivity contribution in [2.24, 2.45) is 0 Å². The van der Waals surface area contributed by atoms with E-state index in [9.17, 15) is 23.3 Å². The fourth-order valence-electron chi connectivity index (χ4n) is 2.02. The predicted molar refractivity (Wildman–Crippen MR) is 102 cm³/mol. The van der Waals surface area contributed by atoms with Gasteiger partial charge in [0.05, 0.1) is 23.8 Å². The quantitative estimate of drug-likeness (QED) is 0.440. The number of para-hydroxylation sites is 1. The number of nitro groups is 1. The highest BCUT2D eigenvalue weighted by Gasteiger charge is 2.27. The molecular weight excluding hydrogens is 394 g/mol. The van der Waals surface area contributed by atoms with Gasteiger partial charge in [-0.15, -0.1) is 0 Å². The van der Waals surface area contributed by atoms with E-state index in [1.54, 1.807) is 32.3 Å². The Morgan fingerprint density at radius 1 is 1.22 bits per heavy atom. The molecule has 0 spiro atoms. The van der Waals surface area contributed by atoms with Gasteiger partial charge in [0.25, 0.3) is 20.9 Å². The Balaban J connectivity index is 2.44. The highest BCUT2D eigenvalue weighted by atomic mass is 32.2. The number of thioether (sulfide) groups is 1. The van der Waals surface area contributed by atoms with Gasteiger partial charge in [-0.2, -0.15) is 0 Å². The molecule has 0 aliphatic carbocycles. The van der Waals surface area contributed by atoms with E-state index in [2.05, 4.69) is 4.72 Å². The monoisotopic (exact) mass is 411 g/mol. The molecule has 11 heteroatoms. The number of ether oxygens (including phenoxy) is 1. The first-order valence-electron chi connectivity index (χ1n) is 7.49. The van der Waals surface area contributed by atoms with E-state index in [0.717, 1.165) is 23.9 Å². The average Bonchev–Trinajstić information content (AvgIpc) is 2.62. The first-order chi connectivity index (χ1) is 12.7. The van der Waals surface area contributed by atoms with Crippen LogP contribution >= 0.6 is 11.8 Å². The molecule has 2 aromatic carbocycles. The van der Waals surface area contributed by atoms with Crippen molar-refractivity contribution in [1.82, 2.24) is 4.90 Å². The van der Waals surface area contributed by atoms with Crippen LogP contribution in [0.25, 0.3) is 0 Å². The van der Waals surface area contributed by atoms with Gasteiger partial charge < -0.3 is 9.64 Å². The van der Waals surface area contributed by atoms with Crippen molar-refractivity contribution in [2.75, 3.05) is 25.9 Å². The summed E-state index contributed by atoms with van der Waals surface area (Å²) in [7, 11) is 0.187. The van der Waals surface area contributed by atoms with Crippen LogP contribution in [0.3, 0.4) is 0 Å². The van der Waals surface area contributed by atoms with E-state index in [4.69, 9.17) is 4.74 Å². The molecule has 0 radical (unpaired) electrons. The lowest BCUT2D eigenvalue weighted by molar-refractivity contribution is -0.387. The van der Waals surface area contributed by atoms with Crippen molar-refractivity contribution in [3.63, 3.8) is 0 Å². The summed E-state index contributed by atoms with van der Waals surface area (Å²) in [6.07, 6.45) is 0. The molecule has 0 atom stereocenters. The second kappa shape index (κ2) is 8.27. The van der Waals surface area contributed by atoms with Crippen molar-refractivity contribution in [1.29, 1.82) is 0 Å². The zero-order chi connectivity index (χ0) is 20.2. The molecule has 9 nitrogen and oxygen atoms in total. The fraction of sp³-hybridized carbons (Fsp3) is 0.188. The van der Waals surface area contributed by atoms with Gasteiger partial charge in [0.15, 0.2) is 4.90 Å². The largest absolute Gasteiger partial charge is 0.497 e. The molecule has 0 aliphatic rings. The number of nitrogens with one attached hydrogen (secondary N) is 1. The summed E-state index contributed by atoms with van der Waals surface area (Å²) in [4.78, 5) is 23.6. The van der Waals surface area contributed by atoms with Crippen LogP contribution in [0.4, 0.5) is 16.2 Å². The summed E-state index contributed by atoms with van der Waals surface area (Å²) < 4.78 is 32.7. The zero-order valence-corrected chi connectivity index (χ0v) is 16.3. The molecule has 0 fully saturated rings. The van der Waals surface area contributed by atoms with Crippen molar-refractivity contribution < 1.29 is 22.9 Å². The minimum absolute atomic E-state index is 0.141. The molecule has 27 heavy (non-hydrogen) atoms.